The van der Waals surface area contributed by atoms with Gasteiger partial charge in [-0.3, -0.25) is 10.1 Å². The van der Waals surface area contributed by atoms with Crippen LogP contribution >= 0.6 is 0 Å². The van der Waals surface area contributed by atoms with Crippen molar-refractivity contribution >= 4 is 11.6 Å². The molecular formula is C12H11FN4O2. The third-order valence-electron chi connectivity index (χ3n) is 2.43. The van der Waals surface area contributed by atoms with Crippen LogP contribution in [-0.2, 0) is 6.42 Å². The number of anilines is 1. The van der Waals surface area contributed by atoms with E-state index in [4.69, 9.17) is 0 Å². The molecule has 2 rings (SSSR count). The molecule has 0 aliphatic carbocycles. The Labute approximate surface area is 108 Å². The van der Waals surface area contributed by atoms with Crippen molar-refractivity contribution in [1.29, 1.82) is 0 Å². The monoisotopic (exact) mass is 262 g/mol. The molecule has 0 saturated carbocycles. The molecule has 1 N–H and O–H groups in total. The molecule has 0 amide bonds. The van der Waals surface area contributed by atoms with E-state index >= 15 is 0 Å². The quantitative estimate of drug-likeness (QED) is 0.659. The van der Waals surface area contributed by atoms with E-state index in [2.05, 4.69) is 15.3 Å². The lowest BCUT2D eigenvalue weighted by molar-refractivity contribution is -0.385. The Hall–Kier alpha value is -2.57. The summed E-state index contributed by atoms with van der Waals surface area (Å²) in [5.41, 5.74) is 0.699. The van der Waals surface area contributed by atoms with E-state index in [0.717, 1.165) is 18.0 Å². The van der Waals surface area contributed by atoms with E-state index in [9.17, 15) is 14.5 Å². The number of nitrogens with one attached hydrogen (secondary N) is 1. The Bertz CT molecular complexity index is 574. The molecule has 0 radical (unpaired) electrons. The van der Waals surface area contributed by atoms with Gasteiger partial charge in [0.2, 0.25) is 5.95 Å². The average Bonchev–Trinajstić information content (AvgIpc) is 2.39. The molecule has 0 aliphatic heterocycles. The molecule has 0 fully saturated rings. The Kier molecular flexibility index (Phi) is 3.97. The summed E-state index contributed by atoms with van der Waals surface area (Å²) in [6.07, 6.45) is 2.88. The molecule has 0 bridgehead atoms. The molecule has 0 atom stereocenters. The molecule has 7 heteroatoms. The fourth-order valence-electron chi connectivity index (χ4n) is 1.52. The number of rotatable bonds is 5. The fraction of sp³-hybridized carbons (Fsp3) is 0.167. The summed E-state index contributed by atoms with van der Waals surface area (Å²) in [7, 11) is 0. The van der Waals surface area contributed by atoms with Crippen molar-refractivity contribution in [2.45, 2.75) is 6.42 Å². The summed E-state index contributed by atoms with van der Waals surface area (Å²) in [5, 5.41) is 13.3. The highest BCUT2D eigenvalue weighted by molar-refractivity contribution is 5.31. The largest absolute Gasteiger partial charge is 0.354 e. The highest BCUT2D eigenvalue weighted by Gasteiger charge is 2.06. The van der Waals surface area contributed by atoms with Crippen LogP contribution in [0.1, 0.15) is 5.56 Å². The first-order chi connectivity index (χ1) is 9.15. The summed E-state index contributed by atoms with van der Waals surface area (Å²) in [6, 6.07) is 6.31. The predicted molar refractivity (Wildman–Crippen MR) is 67.3 cm³/mol. The summed E-state index contributed by atoms with van der Waals surface area (Å²) in [4.78, 5) is 17.5. The normalized spacial score (nSPS) is 10.2. The van der Waals surface area contributed by atoms with E-state index in [1.165, 1.54) is 12.1 Å². The molecule has 98 valence electrons. The Balaban J connectivity index is 1.87. The van der Waals surface area contributed by atoms with Gasteiger partial charge in [-0.15, -0.1) is 0 Å². The number of hydrogen-bond donors (Lipinski definition) is 1. The molecule has 6 nitrogen and oxygen atoms in total. The van der Waals surface area contributed by atoms with Crippen LogP contribution in [0.15, 0.2) is 36.7 Å². The Morgan fingerprint density at radius 2 is 2.05 bits per heavy atom. The van der Waals surface area contributed by atoms with Gasteiger partial charge in [-0.2, -0.15) is 0 Å². The van der Waals surface area contributed by atoms with E-state index < -0.39 is 4.92 Å². The van der Waals surface area contributed by atoms with Crippen molar-refractivity contribution in [1.82, 2.24) is 9.97 Å². The van der Waals surface area contributed by atoms with E-state index in [1.54, 1.807) is 6.07 Å². The predicted octanol–water partition coefficient (Wildman–Crippen LogP) is 2.18. The van der Waals surface area contributed by atoms with Crippen LogP contribution < -0.4 is 5.32 Å². The number of aromatic nitrogens is 2. The fourth-order valence-corrected chi connectivity index (χ4v) is 1.52. The van der Waals surface area contributed by atoms with Crippen molar-refractivity contribution in [3.05, 3.63) is 58.2 Å². The van der Waals surface area contributed by atoms with Gasteiger partial charge in [0.15, 0.2) is 0 Å². The van der Waals surface area contributed by atoms with E-state index in [0.29, 0.717) is 18.9 Å². The van der Waals surface area contributed by atoms with Crippen LogP contribution in [0, 0.1) is 15.9 Å². The number of halogens is 1. The minimum atomic E-state index is -0.559. The SMILES string of the molecule is O=[N+]([O-])c1cnc(NCCc2cccc(F)c2)nc1. The summed E-state index contributed by atoms with van der Waals surface area (Å²) < 4.78 is 12.9. The molecule has 1 aromatic heterocycles. The molecule has 2 aromatic rings. The Morgan fingerprint density at radius 1 is 1.32 bits per heavy atom. The second-order valence-electron chi connectivity index (χ2n) is 3.83. The van der Waals surface area contributed by atoms with Crippen LogP contribution in [-0.4, -0.2) is 21.4 Å². The maximum atomic E-state index is 12.9. The van der Waals surface area contributed by atoms with Crippen LogP contribution in [0.3, 0.4) is 0 Å². The van der Waals surface area contributed by atoms with Crippen molar-refractivity contribution in [2.24, 2.45) is 0 Å². The average molecular weight is 262 g/mol. The standard InChI is InChI=1S/C12H11FN4O2/c13-10-3-1-2-9(6-10)4-5-14-12-15-7-11(8-16-12)17(18)19/h1-3,6-8H,4-5H2,(H,14,15,16). The zero-order valence-corrected chi connectivity index (χ0v) is 9.91. The molecule has 0 saturated heterocycles. The number of hydrogen-bond acceptors (Lipinski definition) is 5. The van der Waals surface area contributed by atoms with Crippen molar-refractivity contribution in [3.8, 4) is 0 Å². The molecule has 0 aliphatic rings. The van der Waals surface area contributed by atoms with Gasteiger partial charge in [0.1, 0.15) is 18.2 Å². The maximum absolute atomic E-state index is 12.9. The zero-order valence-electron chi connectivity index (χ0n) is 9.91. The van der Waals surface area contributed by atoms with Gasteiger partial charge >= 0.3 is 5.69 Å². The Morgan fingerprint density at radius 3 is 2.68 bits per heavy atom. The van der Waals surface area contributed by atoms with Crippen molar-refractivity contribution in [2.75, 3.05) is 11.9 Å². The van der Waals surface area contributed by atoms with Crippen molar-refractivity contribution < 1.29 is 9.31 Å². The number of benzene rings is 1. The molecular weight excluding hydrogens is 251 g/mol. The summed E-state index contributed by atoms with van der Waals surface area (Å²) in [5.74, 6) is 0.0334. The van der Waals surface area contributed by atoms with Gasteiger partial charge in [-0.25, -0.2) is 14.4 Å². The lowest BCUT2D eigenvalue weighted by Crippen LogP contribution is -2.08. The van der Waals surface area contributed by atoms with E-state index in [-0.39, 0.29) is 11.5 Å². The van der Waals surface area contributed by atoms with Gasteiger partial charge in [0, 0.05) is 6.54 Å². The van der Waals surface area contributed by atoms with Crippen LogP contribution in [0.2, 0.25) is 0 Å². The maximum Gasteiger partial charge on any atom is 0.305 e. The first-order valence-electron chi connectivity index (χ1n) is 5.60. The zero-order chi connectivity index (χ0) is 13.7. The third kappa shape index (κ3) is 3.70. The van der Waals surface area contributed by atoms with E-state index in [1.807, 2.05) is 6.07 Å². The summed E-state index contributed by atoms with van der Waals surface area (Å²) >= 11 is 0. The highest BCUT2D eigenvalue weighted by atomic mass is 19.1. The van der Waals surface area contributed by atoms with Gasteiger partial charge in [-0.05, 0) is 24.1 Å². The third-order valence-corrected chi connectivity index (χ3v) is 2.43. The molecule has 1 aromatic carbocycles. The first kappa shape index (κ1) is 12.9. The van der Waals surface area contributed by atoms with Gasteiger partial charge in [-0.1, -0.05) is 12.1 Å². The smallest absolute Gasteiger partial charge is 0.305 e. The second kappa shape index (κ2) is 5.85. The number of nitro groups is 1. The lowest BCUT2D eigenvalue weighted by Gasteiger charge is -2.04. The van der Waals surface area contributed by atoms with Gasteiger partial charge in [0.25, 0.3) is 0 Å². The van der Waals surface area contributed by atoms with Gasteiger partial charge in [0.05, 0.1) is 4.92 Å². The lowest BCUT2D eigenvalue weighted by atomic mass is 10.1. The molecule has 0 unspecified atom stereocenters. The molecule has 1 heterocycles. The van der Waals surface area contributed by atoms with Gasteiger partial charge < -0.3 is 5.32 Å². The minimum absolute atomic E-state index is 0.157. The second-order valence-corrected chi connectivity index (χ2v) is 3.83. The minimum Gasteiger partial charge on any atom is -0.354 e. The van der Waals surface area contributed by atoms with Crippen LogP contribution in [0.25, 0.3) is 0 Å². The topological polar surface area (TPSA) is 81.0 Å². The first-order valence-corrected chi connectivity index (χ1v) is 5.60. The molecule has 19 heavy (non-hydrogen) atoms. The van der Waals surface area contributed by atoms with Crippen LogP contribution in [0.5, 0.6) is 0 Å². The van der Waals surface area contributed by atoms with Crippen molar-refractivity contribution in [3.63, 3.8) is 0 Å². The number of nitrogens with zero attached hydrogens (tertiary/aromatic N) is 3. The molecule has 0 spiro atoms. The summed E-state index contributed by atoms with van der Waals surface area (Å²) in [6.45, 7) is 0.515. The highest BCUT2D eigenvalue weighted by Crippen LogP contribution is 2.08. The van der Waals surface area contributed by atoms with Crippen LogP contribution in [0.4, 0.5) is 16.0 Å².